The summed E-state index contributed by atoms with van der Waals surface area (Å²) in [5.41, 5.74) is 1.79. The van der Waals surface area contributed by atoms with Gasteiger partial charge in [-0.15, -0.1) is 0 Å². The number of esters is 1. The number of benzene rings is 2. The van der Waals surface area contributed by atoms with Gasteiger partial charge >= 0.3 is 5.97 Å². The molecule has 2 saturated carbocycles. The van der Waals surface area contributed by atoms with Gasteiger partial charge in [0.25, 0.3) is 0 Å². The minimum atomic E-state index is -0.622. The summed E-state index contributed by atoms with van der Waals surface area (Å²) in [6.07, 6.45) is 5.48. The van der Waals surface area contributed by atoms with Crippen LogP contribution in [0.1, 0.15) is 18.4 Å². The maximum Gasteiger partial charge on any atom is 0.316 e. The van der Waals surface area contributed by atoms with Crippen LogP contribution in [0.25, 0.3) is 0 Å². The molecule has 7 atom stereocenters. The number of hydrogen-bond donors (Lipinski definition) is 0. The molecule has 0 spiro atoms. The molecule has 0 aromatic heterocycles. The second-order valence-electron chi connectivity index (χ2n) is 10.9. The van der Waals surface area contributed by atoms with Crippen LogP contribution in [-0.4, -0.2) is 30.2 Å². The lowest BCUT2D eigenvalue weighted by atomic mass is 9.63. The third kappa shape index (κ3) is 3.33. The highest BCUT2D eigenvalue weighted by atomic mass is 35.5. The van der Waals surface area contributed by atoms with E-state index in [1.54, 1.807) is 49.4 Å². The summed E-state index contributed by atoms with van der Waals surface area (Å²) in [7, 11) is 0. The van der Waals surface area contributed by atoms with E-state index in [0.29, 0.717) is 39.5 Å². The number of amides is 3. The number of carbonyl (C=O) groups is 4. The smallest absolute Gasteiger partial charge is 0.316 e. The molecule has 37 heavy (non-hydrogen) atoms. The van der Waals surface area contributed by atoms with Crippen molar-refractivity contribution >= 4 is 46.7 Å². The minimum Gasteiger partial charge on any atom is -0.426 e. The van der Waals surface area contributed by atoms with Gasteiger partial charge in [0.05, 0.1) is 34.2 Å². The highest BCUT2D eigenvalue weighted by Gasteiger charge is 2.67. The van der Waals surface area contributed by atoms with Crippen molar-refractivity contribution in [3.8, 4) is 5.75 Å². The number of halogens is 1. The Morgan fingerprint density at radius 1 is 0.946 bits per heavy atom. The number of anilines is 2. The van der Waals surface area contributed by atoms with E-state index in [0.717, 1.165) is 6.42 Å². The number of imide groups is 1. The summed E-state index contributed by atoms with van der Waals surface area (Å²) in [6.45, 7) is 1.99. The van der Waals surface area contributed by atoms with Gasteiger partial charge in [-0.2, -0.15) is 0 Å². The van der Waals surface area contributed by atoms with Crippen LogP contribution in [0.5, 0.6) is 5.75 Å². The first-order chi connectivity index (χ1) is 17.8. The molecule has 8 rings (SSSR count). The molecule has 3 amide bonds. The van der Waals surface area contributed by atoms with Crippen molar-refractivity contribution in [3.05, 3.63) is 65.2 Å². The maximum atomic E-state index is 13.4. The molecule has 0 radical (unpaired) electrons. The van der Waals surface area contributed by atoms with Crippen LogP contribution in [-0.2, 0) is 19.2 Å². The topological polar surface area (TPSA) is 84.0 Å². The molecule has 2 aromatic rings. The molecule has 6 aliphatic rings. The van der Waals surface area contributed by atoms with Crippen molar-refractivity contribution in [2.45, 2.75) is 19.8 Å². The van der Waals surface area contributed by atoms with Gasteiger partial charge in [0.1, 0.15) is 5.75 Å². The molecule has 7 nitrogen and oxygen atoms in total. The van der Waals surface area contributed by atoms with Crippen LogP contribution in [0, 0.1) is 48.3 Å². The van der Waals surface area contributed by atoms with Crippen LogP contribution in [0.3, 0.4) is 0 Å². The highest BCUT2D eigenvalue weighted by molar-refractivity contribution is 6.34. The van der Waals surface area contributed by atoms with E-state index in [1.807, 2.05) is 0 Å². The first kappa shape index (κ1) is 22.7. The molecule has 8 heteroatoms. The number of nitrogens with zero attached hydrogens (tertiary/aromatic N) is 2. The third-order valence-corrected chi connectivity index (χ3v) is 9.21. The van der Waals surface area contributed by atoms with Crippen molar-refractivity contribution in [2.24, 2.45) is 41.4 Å². The van der Waals surface area contributed by atoms with Crippen molar-refractivity contribution < 1.29 is 23.9 Å². The molecule has 2 aliphatic heterocycles. The van der Waals surface area contributed by atoms with Crippen LogP contribution in [0.2, 0.25) is 5.02 Å². The zero-order chi connectivity index (χ0) is 25.6. The van der Waals surface area contributed by atoms with Crippen LogP contribution in [0.4, 0.5) is 11.4 Å². The summed E-state index contributed by atoms with van der Waals surface area (Å²) in [4.78, 5) is 55.2. The Balaban J connectivity index is 1.07. The van der Waals surface area contributed by atoms with Crippen LogP contribution < -0.4 is 14.5 Å². The fourth-order valence-electron chi connectivity index (χ4n) is 7.11. The number of para-hydroxylation sites is 1. The summed E-state index contributed by atoms with van der Waals surface area (Å²) < 4.78 is 5.62. The number of aryl methyl sites for hydroxylation is 1. The molecule has 4 aliphatic carbocycles. The van der Waals surface area contributed by atoms with Gasteiger partial charge in [-0.1, -0.05) is 35.9 Å². The minimum absolute atomic E-state index is 0.0407. The van der Waals surface area contributed by atoms with Crippen molar-refractivity contribution in [1.82, 2.24) is 0 Å². The quantitative estimate of drug-likeness (QED) is 0.264. The summed E-state index contributed by atoms with van der Waals surface area (Å²) in [5.74, 6) is -0.312. The first-order valence-corrected chi connectivity index (χ1v) is 13.1. The zero-order valence-corrected chi connectivity index (χ0v) is 20.9. The van der Waals surface area contributed by atoms with E-state index in [4.69, 9.17) is 16.3 Å². The fraction of sp³-hybridized carbons (Fsp3) is 0.379. The van der Waals surface area contributed by atoms with Gasteiger partial charge in [-0.3, -0.25) is 19.2 Å². The Bertz CT molecular complexity index is 1380. The van der Waals surface area contributed by atoms with Gasteiger partial charge in [-0.25, -0.2) is 4.90 Å². The van der Waals surface area contributed by atoms with Gasteiger partial charge < -0.3 is 9.64 Å². The second-order valence-corrected chi connectivity index (χ2v) is 11.3. The van der Waals surface area contributed by atoms with Crippen molar-refractivity contribution in [2.75, 3.05) is 16.3 Å². The standard InChI is InChI=1S/C29H25ClN2O5/c1-14-10-16(37-29(36)15-11-24(33)31(13-15)23-5-3-2-4-21(23)30)6-9-22(14)32-27(34)25-17-7-8-18(20-12-19(17)20)26(25)28(32)35/h2-10,15,17-20,25-26H,11-13H2,1H3/t15-,17+,18+,19+,20+,25-,26+/m1/s1. The molecular weight excluding hydrogens is 492 g/mol. The largest absolute Gasteiger partial charge is 0.426 e. The highest BCUT2D eigenvalue weighted by Crippen LogP contribution is 2.65. The Morgan fingerprint density at radius 3 is 2.27 bits per heavy atom. The average Bonchev–Trinajstić information content (AvgIpc) is 3.56. The van der Waals surface area contributed by atoms with Crippen LogP contribution in [0.15, 0.2) is 54.6 Å². The monoisotopic (exact) mass is 516 g/mol. The Hall–Kier alpha value is -3.45. The molecule has 188 valence electrons. The Morgan fingerprint density at radius 2 is 1.62 bits per heavy atom. The number of allylic oxidation sites excluding steroid dienone is 2. The van der Waals surface area contributed by atoms with E-state index in [1.165, 1.54) is 9.80 Å². The molecule has 4 fully saturated rings. The number of hydrogen-bond acceptors (Lipinski definition) is 5. The second kappa shape index (κ2) is 8.02. The molecule has 0 unspecified atom stereocenters. The molecule has 2 bridgehead atoms. The van der Waals surface area contributed by atoms with E-state index in [-0.39, 0.29) is 54.4 Å². The van der Waals surface area contributed by atoms with Gasteiger partial charge in [0.15, 0.2) is 0 Å². The number of carbonyl (C=O) groups excluding carboxylic acids is 4. The van der Waals surface area contributed by atoms with E-state index in [9.17, 15) is 19.2 Å². The van der Waals surface area contributed by atoms with Crippen LogP contribution >= 0.6 is 11.6 Å². The average molecular weight is 517 g/mol. The van der Waals surface area contributed by atoms with E-state index >= 15 is 0 Å². The lowest BCUT2D eigenvalue weighted by molar-refractivity contribution is -0.139. The van der Waals surface area contributed by atoms with Gasteiger partial charge in [0.2, 0.25) is 17.7 Å². The first-order valence-electron chi connectivity index (χ1n) is 12.8. The fourth-order valence-corrected chi connectivity index (χ4v) is 7.34. The van der Waals surface area contributed by atoms with Gasteiger partial charge in [0, 0.05) is 13.0 Å². The maximum absolute atomic E-state index is 13.4. The van der Waals surface area contributed by atoms with E-state index in [2.05, 4.69) is 12.2 Å². The predicted molar refractivity (Wildman–Crippen MR) is 136 cm³/mol. The molecule has 2 saturated heterocycles. The van der Waals surface area contributed by atoms with E-state index < -0.39 is 11.9 Å². The van der Waals surface area contributed by atoms with Gasteiger partial charge in [-0.05, 0) is 72.9 Å². The zero-order valence-electron chi connectivity index (χ0n) is 20.2. The lowest BCUT2D eigenvalue weighted by Gasteiger charge is -2.37. The molecular formula is C29H25ClN2O5. The third-order valence-electron chi connectivity index (χ3n) is 8.89. The summed E-state index contributed by atoms with van der Waals surface area (Å²) >= 11 is 6.24. The number of rotatable bonds is 4. The number of ether oxygens (including phenoxy) is 1. The Kier molecular flexibility index (Phi) is 4.93. The van der Waals surface area contributed by atoms with Crippen molar-refractivity contribution in [1.29, 1.82) is 0 Å². The normalized spacial score (nSPS) is 33.1. The predicted octanol–water partition coefficient (Wildman–Crippen LogP) is 4.16. The molecule has 0 N–H and O–H groups in total. The SMILES string of the molecule is Cc1cc(OC(=O)[C@@H]2CC(=O)N(c3ccccc3Cl)C2)ccc1N1C(=O)[C@@H]2[C@H]3C=C[C@@H]([C@@H]4C[C@@H]34)[C@@H]2C1=O. The molecule has 2 heterocycles. The summed E-state index contributed by atoms with van der Waals surface area (Å²) in [5, 5.41) is 0.447. The summed E-state index contributed by atoms with van der Waals surface area (Å²) in [6, 6.07) is 12.0. The van der Waals surface area contributed by atoms with Crippen molar-refractivity contribution in [3.63, 3.8) is 0 Å². The Labute approximate surface area is 219 Å². The lowest BCUT2D eigenvalue weighted by Crippen LogP contribution is -2.40. The molecule has 2 aromatic carbocycles.